The SMILES string of the molecule is CCCCC(CC)CNC(=O)C1NCCc2ccccc21. The Morgan fingerprint density at radius 3 is 2.95 bits per heavy atom. The molecule has 21 heavy (non-hydrogen) atoms. The van der Waals surface area contributed by atoms with Crippen molar-refractivity contribution in [2.24, 2.45) is 5.92 Å². The second-order valence-electron chi connectivity index (χ2n) is 6.00. The van der Waals surface area contributed by atoms with E-state index in [1.165, 1.54) is 24.8 Å². The van der Waals surface area contributed by atoms with E-state index in [-0.39, 0.29) is 11.9 Å². The summed E-state index contributed by atoms with van der Waals surface area (Å²) in [5.41, 5.74) is 2.44. The molecule has 0 aromatic heterocycles. The van der Waals surface area contributed by atoms with Gasteiger partial charge in [0.1, 0.15) is 6.04 Å². The highest BCUT2D eigenvalue weighted by atomic mass is 16.2. The van der Waals surface area contributed by atoms with Crippen LogP contribution in [0.4, 0.5) is 0 Å². The summed E-state index contributed by atoms with van der Waals surface area (Å²) in [6, 6.07) is 8.09. The zero-order chi connectivity index (χ0) is 15.1. The van der Waals surface area contributed by atoms with Crippen molar-refractivity contribution in [2.75, 3.05) is 13.1 Å². The zero-order valence-electron chi connectivity index (χ0n) is 13.3. The number of carbonyl (C=O) groups excluding carboxylic acids is 1. The van der Waals surface area contributed by atoms with Crippen LogP contribution in [0.15, 0.2) is 24.3 Å². The van der Waals surface area contributed by atoms with Crippen molar-refractivity contribution in [1.82, 2.24) is 10.6 Å². The molecule has 1 aromatic carbocycles. The van der Waals surface area contributed by atoms with Gasteiger partial charge < -0.3 is 10.6 Å². The van der Waals surface area contributed by atoms with E-state index < -0.39 is 0 Å². The number of fused-ring (bicyclic) bond motifs is 1. The van der Waals surface area contributed by atoms with E-state index in [0.717, 1.165) is 31.5 Å². The van der Waals surface area contributed by atoms with Crippen molar-refractivity contribution in [3.63, 3.8) is 0 Å². The lowest BCUT2D eigenvalue weighted by atomic mass is 9.93. The Labute approximate surface area is 128 Å². The number of rotatable bonds is 7. The normalized spacial score (nSPS) is 18.9. The molecule has 2 atom stereocenters. The Morgan fingerprint density at radius 1 is 1.38 bits per heavy atom. The number of carbonyl (C=O) groups is 1. The standard InChI is InChI=1S/C18H28N2O/c1-3-5-8-14(4-2)13-20-18(21)17-16-10-7-6-9-15(16)11-12-19-17/h6-7,9-10,14,17,19H,3-5,8,11-13H2,1-2H3,(H,20,21). The minimum atomic E-state index is -0.182. The highest BCUT2D eigenvalue weighted by Crippen LogP contribution is 2.22. The fourth-order valence-electron chi connectivity index (χ4n) is 3.03. The molecule has 1 aliphatic heterocycles. The summed E-state index contributed by atoms with van der Waals surface area (Å²) < 4.78 is 0. The molecular weight excluding hydrogens is 260 g/mol. The van der Waals surface area contributed by atoms with Crippen LogP contribution in [-0.2, 0) is 11.2 Å². The maximum atomic E-state index is 12.5. The largest absolute Gasteiger partial charge is 0.354 e. The number of amides is 1. The van der Waals surface area contributed by atoms with E-state index in [9.17, 15) is 4.79 Å². The maximum absolute atomic E-state index is 12.5. The van der Waals surface area contributed by atoms with Crippen LogP contribution in [0.5, 0.6) is 0 Å². The summed E-state index contributed by atoms with van der Waals surface area (Å²) >= 11 is 0. The van der Waals surface area contributed by atoms with E-state index >= 15 is 0 Å². The van der Waals surface area contributed by atoms with Crippen molar-refractivity contribution in [3.8, 4) is 0 Å². The predicted molar refractivity (Wildman–Crippen MR) is 87.2 cm³/mol. The second kappa shape index (κ2) is 8.18. The van der Waals surface area contributed by atoms with Crippen molar-refractivity contribution < 1.29 is 4.79 Å². The van der Waals surface area contributed by atoms with Gasteiger partial charge in [-0.2, -0.15) is 0 Å². The topological polar surface area (TPSA) is 41.1 Å². The molecule has 116 valence electrons. The van der Waals surface area contributed by atoms with Crippen molar-refractivity contribution in [3.05, 3.63) is 35.4 Å². The summed E-state index contributed by atoms with van der Waals surface area (Å²) in [5, 5.41) is 6.50. The van der Waals surface area contributed by atoms with Gasteiger partial charge in [0.15, 0.2) is 0 Å². The molecule has 0 bridgehead atoms. The molecule has 0 radical (unpaired) electrons. The summed E-state index contributed by atoms with van der Waals surface area (Å²) in [4.78, 5) is 12.5. The van der Waals surface area contributed by atoms with Crippen LogP contribution in [0.2, 0.25) is 0 Å². The number of hydrogen-bond acceptors (Lipinski definition) is 2. The molecule has 1 aromatic rings. The molecule has 0 aliphatic carbocycles. The molecule has 2 unspecified atom stereocenters. The molecule has 1 aliphatic rings. The fourth-order valence-corrected chi connectivity index (χ4v) is 3.03. The van der Waals surface area contributed by atoms with Gasteiger partial charge in [-0.1, -0.05) is 57.4 Å². The number of unbranched alkanes of at least 4 members (excludes halogenated alkanes) is 1. The molecule has 0 spiro atoms. The Morgan fingerprint density at radius 2 is 2.19 bits per heavy atom. The minimum absolute atomic E-state index is 0.122. The van der Waals surface area contributed by atoms with E-state index in [2.05, 4.69) is 42.7 Å². The lowest BCUT2D eigenvalue weighted by Gasteiger charge is -2.26. The Balaban J connectivity index is 1.92. The van der Waals surface area contributed by atoms with Crippen molar-refractivity contribution in [1.29, 1.82) is 0 Å². The first-order valence-electron chi connectivity index (χ1n) is 8.35. The van der Waals surface area contributed by atoms with Crippen LogP contribution in [0.25, 0.3) is 0 Å². The van der Waals surface area contributed by atoms with Crippen LogP contribution >= 0.6 is 0 Å². The van der Waals surface area contributed by atoms with Gasteiger partial charge in [-0.05, 0) is 29.9 Å². The van der Waals surface area contributed by atoms with Gasteiger partial charge in [0, 0.05) is 13.1 Å². The van der Waals surface area contributed by atoms with Gasteiger partial charge in [-0.15, -0.1) is 0 Å². The van der Waals surface area contributed by atoms with Gasteiger partial charge in [0.25, 0.3) is 0 Å². The molecule has 3 heteroatoms. The van der Waals surface area contributed by atoms with Crippen LogP contribution in [-0.4, -0.2) is 19.0 Å². The van der Waals surface area contributed by atoms with Gasteiger partial charge in [0.05, 0.1) is 0 Å². The molecular formula is C18H28N2O. The Bertz CT molecular complexity index is 458. The van der Waals surface area contributed by atoms with Crippen LogP contribution in [0.1, 0.15) is 56.7 Å². The third kappa shape index (κ3) is 4.31. The highest BCUT2D eigenvalue weighted by molar-refractivity contribution is 5.83. The molecule has 2 rings (SSSR count). The molecule has 3 nitrogen and oxygen atoms in total. The van der Waals surface area contributed by atoms with Gasteiger partial charge in [-0.3, -0.25) is 4.79 Å². The smallest absolute Gasteiger partial charge is 0.241 e. The van der Waals surface area contributed by atoms with E-state index in [1.807, 2.05) is 6.07 Å². The van der Waals surface area contributed by atoms with E-state index in [0.29, 0.717) is 5.92 Å². The monoisotopic (exact) mass is 288 g/mol. The summed E-state index contributed by atoms with van der Waals surface area (Å²) in [7, 11) is 0. The average Bonchev–Trinajstić information content (AvgIpc) is 2.54. The maximum Gasteiger partial charge on any atom is 0.241 e. The van der Waals surface area contributed by atoms with Gasteiger partial charge in [0.2, 0.25) is 5.91 Å². The van der Waals surface area contributed by atoms with Gasteiger partial charge in [-0.25, -0.2) is 0 Å². The lowest BCUT2D eigenvalue weighted by Crippen LogP contribution is -2.42. The lowest BCUT2D eigenvalue weighted by molar-refractivity contribution is -0.123. The fraction of sp³-hybridized carbons (Fsp3) is 0.611. The van der Waals surface area contributed by atoms with Crippen LogP contribution < -0.4 is 10.6 Å². The third-order valence-corrected chi connectivity index (χ3v) is 4.48. The zero-order valence-corrected chi connectivity index (χ0v) is 13.3. The van der Waals surface area contributed by atoms with Crippen LogP contribution in [0.3, 0.4) is 0 Å². The number of hydrogen-bond donors (Lipinski definition) is 2. The second-order valence-corrected chi connectivity index (χ2v) is 6.00. The van der Waals surface area contributed by atoms with Crippen LogP contribution in [0, 0.1) is 5.92 Å². The molecule has 1 heterocycles. The summed E-state index contributed by atoms with van der Waals surface area (Å²) in [6.45, 7) is 6.10. The Hall–Kier alpha value is -1.35. The molecule has 0 saturated heterocycles. The van der Waals surface area contributed by atoms with E-state index in [1.54, 1.807) is 0 Å². The van der Waals surface area contributed by atoms with Crippen molar-refractivity contribution in [2.45, 2.75) is 52.0 Å². The van der Waals surface area contributed by atoms with E-state index in [4.69, 9.17) is 0 Å². The third-order valence-electron chi connectivity index (χ3n) is 4.48. The number of nitrogens with one attached hydrogen (secondary N) is 2. The first-order valence-corrected chi connectivity index (χ1v) is 8.35. The Kier molecular flexibility index (Phi) is 6.24. The highest BCUT2D eigenvalue weighted by Gasteiger charge is 2.25. The molecule has 2 N–H and O–H groups in total. The summed E-state index contributed by atoms with van der Waals surface area (Å²) in [5.74, 6) is 0.727. The minimum Gasteiger partial charge on any atom is -0.354 e. The molecule has 0 fully saturated rings. The summed E-state index contributed by atoms with van der Waals surface area (Å²) in [6.07, 6.45) is 5.83. The quantitative estimate of drug-likeness (QED) is 0.809. The van der Waals surface area contributed by atoms with Gasteiger partial charge >= 0.3 is 0 Å². The molecule has 0 saturated carbocycles. The number of benzene rings is 1. The average molecular weight is 288 g/mol. The first kappa shape index (κ1) is 16.0. The molecule has 1 amide bonds. The predicted octanol–water partition coefficient (Wildman–Crippen LogP) is 3.21. The van der Waals surface area contributed by atoms with Crippen molar-refractivity contribution >= 4 is 5.91 Å². The first-order chi connectivity index (χ1) is 10.3.